The van der Waals surface area contributed by atoms with Crippen LogP contribution in [0.25, 0.3) is 11.0 Å². The topological polar surface area (TPSA) is 93.0 Å². The molecule has 0 amide bonds. The molecule has 2 N–H and O–H groups in total. The largest absolute Gasteiger partial charge is 0.380 e. The lowest BCUT2D eigenvalue weighted by Crippen LogP contribution is -2.29. The fraction of sp³-hybridized carbons (Fsp3) is 0.500. The molecule has 1 fully saturated rings. The predicted octanol–water partition coefficient (Wildman–Crippen LogP) is 2.11. The van der Waals surface area contributed by atoms with E-state index in [1.165, 1.54) is 0 Å². The van der Waals surface area contributed by atoms with Crippen LogP contribution in [-0.2, 0) is 11.3 Å². The molecule has 0 saturated carbocycles. The van der Waals surface area contributed by atoms with Crippen molar-refractivity contribution in [2.45, 2.75) is 26.8 Å². The SMILES string of the molecule is CCOCCn1ncc2nc(N3CCCNCC3)nc(Nc3ccc(C)cn3)c21. The highest BCUT2D eigenvalue weighted by Gasteiger charge is 2.18. The average Bonchev–Trinajstić information content (AvgIpc) is 2.95. The van der Waals surface area contributed by atoms with Crippen LogP contribution in [0, 0.1) is 6.92 Å². The molecule has 1 saturated heterocycles. The van der Waals surface area contributed by atoms with Gasteiger partial charge in [0.05, 0.1) is 19.3 Å². The Morgan fingerprint density at radius 1 is 1.17 bits per heavy atom. The van der Waals surface area contributed by atoms with Gasteiger partial charge >= 0.3 is 0 Å². The van der Waals surface area contributed by atoms with Crippen molar-refractivity contribution in [3.05, 3.63) is 30.1 Å². The van der Waals surface area contributed by atoms with Crippen molar-refractivity contribution < 1.29 is 4.74 Å². The van der Waals surface area contributed by atoms with E-state index in [-0.39, 0.29) is 0 Å². The summed E-state index contributed by atoms with van der Waals surface area (Å²) in [7, 11) is 0. The number of fused-ring (bicyclic) bond motifs is 1. The number of aromatic nitrogens is 5. The number of nitrogens with one attached hydrogen (secondary N) is 2. The van der Waals surface area contributed by atoms with Crippen molar-refractivity contribution in [2.24, 2.45) is 0 Å². The molecule has 1 aliphatic rings. The number of nitrogens with zero attached hydrogens (tertiary/aromatic N) is 6. The van der Waals surface area contributed by atoms with Gasteiger partial charge in [0.15, 0.2) is 5.82 Å². The first kappa shape index (κ1) is 19.5. The summed E-state index contributed by atoms with van der Waals surface area (Å²) in [5.74, 6) is 2.18. The number of aryl methyl sites for hydroxylation is 1. The minimum absolute atomic E-state index is 0.592. The standard InChI is InChI=1S/C20H28N8O/c1-3-29-12-11-28-18-16(14-23-28)24-20(27-9-4-7-21-8-10-27)26-19(18)25-17-6-5-15(2)13-22-17/h5-6,13-14,21H,3-4,7-12H2,1-2H3,(H,22,24,25,26). The molecule has 0 radical (unpaired) electrons. The lowest BCUT2D eigenvalue weighted by Gasteiger charge is -2.21. The Kier molecular flexibility index (Phi) is 6.16. The summed E-state index contributed by atoms with van der Waals surface area (Å²) >= 11 is 0. The summed E-state index contributed by atoms with van der Waals surface area (Å²) < 4.78 is 7.41. The summed E-state index contributed by atoms with van der Waals surface area (Å²) in [6, 6.07) is 3.99. The fourth-order valence-corrected chi connectivity index (χ4v) is 3.39. The van der Waals surface area contributed by atoms with Crippen LogP contribution < -0.4 is 15.5 Å². The van der Waals surface area contributed by atoms with Gasteiger partial charge in [-0.2, -0.15) is 10.1 Å². The highest BCUT2D eigenvalue weighted by Crippen LogP contribution is 2.26. The zero-order valence-electron chi connectivity index (χ0n) is 17.1. The Bertz CT molecular complexity index is 932. The van der Waals surface area contributed by atoms with E-state index in [1.807, 2.05) is 36.9 Å². The van der Waals surface area contributed by atoms with Crippen LogP contribution in [0.3, 0.4) is 0 Å². The highest BCUT2D eigenvalue weighted by molar-refractivity contribution is 5.88. The maximum atomic E-state index is 5.51. The summed E-state index contributed by atoms with van der Waals surface area (Å²) in [5, 5.41) is 11.3. The zero-order valence-corrected chi connectivity index (χ0v) is 17.1. The van der Waals surface area contributed by atoms with Gasteiger partial charge in [-0.3, -0.25) is 4.68 Å². The van der Waals surface area contributed by atoms with Crippen LogP contribution in [-0.4, -0.2) is 64.1 Å². The first-order chi connectivity index (χ1) is 14.2. The van der Waals surface area contributed by atoms with Crippen molar-refractivity contribution in [3.63, 3.8) is 0 Å². The van der Waals surface area contributed by atoms with Crippen LogP contribution >= 0.6 is 0 Å². The number of anilines is 3. The highest BCUT2D eigenvalue weighted by atomic mass is 16.5. The second-order valence-electron chi connectivity index (χ2n) is 7.11. The Labute approximate surface area is 170 Å². The lowest BCUT2D eigenvalue weighted by atomic mass is 10.3. The molecular formula is C20H28N8O. The van der Waals surface area contributed by atoms with Gasteiger partial charge in [0.2, 0.25) is 5.95 Å². The minimum atomic E-state index is 0.592. The summed E-state index contributed by atoms with van der Waals surface area (Å²) in [6.07, 6.45) is 4.71. The third-order valence-electron chi connectivity index (χ3n) is 4.91. The second kappa shape index (κ2) is 9.15. The molecule has 0 spiro atoms. The van der Waals surface area contributed by atoms with Crippen LogP contribution in [0.15, 0.2) is 24.5 Å². The monoisotopic (exact) mass is 396 g/mol. The molecule has 9 heteroatoms. The Morgan fingerprint density at radius 3 is 2.93 bits per heavy atom. The summed E-state index contributed by atoms with van der Waals surface area (Å²) in [5.41, 5.74) is 2.80. The second-order valence-corrected chi connectivity index (χ2v) is 7.11. The van der Waals surface area contributed by atoms with Gasteiger partial charge in [-0.05, 0) is 38.4 Å². The third kappa shape index (κ3) is 4.63. The van der Waals surface area contributed by atoms with Gasteiger partial charge < -0.3 is 20.3 Å². The number of ether oxygens (including phenoxy) is 1. The molecule has 29 heavy (non-hydrogen) atoms. The fourth-order valence-electron chi connectivity index (χ4n) is 3.39. The van der Waals surface area contributed by atoms with E-state index in [0.717, 1.165) is 61.0 Å². The molecule has 154 valence electrons. The molecule has 4 rings (SSSR count). The van der Waals surface area contributed by atoms with Gasteiger partial charge in [-0.25, -0.2) is 9.97 Å². The van der Waals surface area contributed by atoms with Crippen molar-refractivity contribution >= 4 is 28.6 Å². The van der Waals surface area contributed by atoms with Crippen molar-refractivity contribution in [3.8, 4) is 0 Å². The number of rotatable bonds is 7. The van der Waals surface area contributed by atoms with Crippen LogP contribution in [0.1, 0.15) is 18.9 Å². The van der Waals surface area contributed by atoms with E-state index in [1.54, 1.807) is 6.20 Å². The number of hydrogen-bond donors (Lipinski definition) is 2. The zero-order chi connectivity index (χ0) is 20.1. The van der Waals surface area contributed by atoms with Gasteiger partial charge in [0.1, 0.15) is 16.9 Å². The molecule has 0 aromatic carbocycles. The molecule has 3 aromatic rings. The molecule has 9 nitrogen and oxygen atoms in total. The van der Waals surface area contributed by atoms with Crippen molar-refractivity contribution in [1.29, 1.82) is 0 Å². The van der Waals surface area contributed by atoms with Gasteiger partial charge in [-0.15, -0.1) is 0 Å². The molecule has 3 aromatic heterocycles. The maximum Gasteiger partial charge on any atom is 0.228 e. The Balaban J connectivity index is 1.72. The van der Waals surface area contributed by atoms with Crippen LogP contribution in [0.4, 0.5) is 17.6 Å². The first-order valence-electron chi connectivity index (χ1n) is 10.2. The molecule has 1 aliphatic heterocycles. The number of hydrogen-bond acceptors (Lipinski definition) is 8. The lowest BCUT2D eigenvalue weighted by molar-refractivity contribution is 0.137. The number of pyridine rings is 1. The van der Waals surface area contributed by atoms with Crippen molar-refractivity contribution in [2.75, 3.05) is 49.6 Å². The van der Waals surface area contributed by atoms with Gasteiger partial charge in [0, 0.05) is 32.4 Å². The Morgan fingerprint density at radius 2 is 2.10 bits per heavy atom. The molecule has 0 atom stereocenters. The molecular weight excluding hydrogens is 368 g/mol. The van der Waals surface area contributed by atoms with E-state index in [4.69, 9.17) is 14.7 Å². The van der Waals surface area contributed by atoms with Gasteiger partial charge in [0.25, 0.3) is 0 Å². The average molecular weight is 396 g/mol. The summed E-state index contributed by atoms with van der Waals surface area (Å²) in [4.78, 5) is 16.4. The molecule has 0 aliphatic carbocycles. The van der Waals surface area contributed by atoms with Crippen LogP contribution in [0.5, 0.6) is 0 Å². The first-order valence-corrected chi connectivity index (χ1v) is 10.2. The van der Waals surface area contributed by atoms with E-state index in [0.29, 0.717) is 25.6 Å². The molecule has 4 heterocycles. The third-order valence-corrected chi connectivity index (χ3v) is 4.91. The normalized spacial score (nSPS) is 14.9. The van der Waals surface area contributed by atoms with Crippen LogP contribution in [0.2, 0.25) is 0 Å². The molecule has 0 unspecified atom stereocenters. The Hall–Kier alpha value is -2.78. The van der Waals surface area contributed by atoms with E-state index in [9.17, 15) is 0 Å². The maximum absolute atomic E-state index is 5.51. The minimum Gasteiger partial charge on any atom is -0.380 e. The predicted molar refractivity (Wildman–Crippen MR) is 114 cm³/mol. The van der Waals surface area contributed by atoms with E-state index >= 15 is 0 Å². The smallest absolute Gasteiger partial charge is 0.228 e. The quantitative estimate of drug-likeness (QED) is 0.587. The van der Waals surface area contributed by atoms with Gasteiger partial charge in [-0.1, -0.05) is 6.07 Å². The summed E-state index contributed by atoms with van der Waals surface area (Å²) in [6.45, 7) is 9.69. The molecule has 0 bridgehead atoms. The van der Waals surface area contributed by atoms with Crippen molar-refractivity contribution in [1.82, 2.24) is 30.0 Å². The van der Waals surface area contributed by atoms with E-state index in [2.05, 4.69) is 25.6 Å². The van der Waals surface area contributed by atoms with E-state index < -0.39 is 0 Å².